The minimum absolute atomic E-state index is 0.154. The third-order valence-corrected chi connectivity index (χ3v) is 9.01. The van der Waals surface area contributed by atoms with Crippen molar-refractivity contribution < 1.29 is 33.8 Å². The first kappa shape index (κ1) is 26.3. The van der Waals surface area contributed by atoms with Crippen LogP contribution in [0.3, 0.4) is 0 Å². The van der Waals surface area contributed by atoms with Gasteiger partial charge in [0.15, 0.2) is 11.6 Å². The average Bonchev–Trinajstić information content (AvgIpc) is 3.20. The molecular weight excluding hydrogens is 578 g/mol. The first-order chi connectivity index (χ1) is 19.2. The molecule has 2 aromatic carbocycles. The van der Waals surface area contributed by atoms with Crippen LogP contribution in [-0.2, 0) is 19.2 Å². The number of hydrogen-bond donors (Lipinski definition) is 1. The molecule has 0 bridgehead atoms. The molecule has 204 valence electrons. The third-order valence-electron chi connectivity index (χ3n) is 8.49. The number of Topliss-reactive ketones (excluding diaryl/α,β-unsaturated/α-hetero) is 1. The molecule has 1 heterocycles. The Labute approximate surface area is 239 Å². The summed E-state index contributed by atoms with van der Waals surface area (Å²) in [5, 5.41) is 11.2. The van der Waals surface area contributed by atoms with Crippen LogP contribution in [0.1, 0.15) is 31.2 Å². The smallest absolute Gasteiger partial charge is 0.238 e. The van der Waals surface area contributed by atoms with Crippen molar-refractivity contribution >= 4 is 45.0 Å². The lowest BCUT2D eigenvalue weighted by Gasteiger charge is -2.42. The fourth-order valence-corrected chi connectivity index (χ4v) is 6.99. The summed E-state index contributed by atoms with van der Waals surface area (Å²) >= 11 is 3.39. The van der Waals surface area contributed by atoms with Gasteiger partial charge in [0.25, 0.3) is 0 Å². The number of amides is 2. The van der Waals surface area contributed by atoms with Crippen molar-refractivity contribution in [3.63, 3.8) is 0 Å². The highest BCUT2D eigenvalue weighted by Gasteiger charge is 2.57. The van der Waals surface area contributed by atoms with Crippen molar-refractivity contribution in [3.8, 4) is 17.2 Å². The van der Waals surface area contributed by atoms with Crippen LogP contribution in [0.4, 0.5) is 5.69 Å². The number of anilines is 1. The van der Waals surface area contributed by atoms with Crippen LogP contribution < -0.4 is 14.4 Å². The van der Waals surface area contributed by atoms with Gasteiger partial charge in [0.1, 0.15) is 17.2 Å². The van der Waals surface area contributed by atoms with Crippen molar-refractivity contribution in [1.82, 2.24) is 0 Å². The molecule has 8 nitrogen and oxygen atoms in total. The average molecular weight is 604 g/mol. The van der Waals surface area contributed by atoms with Gasteiger partial charge >= 0.3 is 0 Å². The van der Waals surface area contributed by atoms with E-state index in [9.17, 15) is 24.3 Å². The van der Waals surface area contributed by atoms with E-state index in [1.165, 1.54) is 31.3 Å². The first-order valence-corrected chi connectivity index (χ1v) is 13.7. The first-order valence-electron chi connectivity index (χ1n) is 12.9. The third kappa shape index (κ3) is 3.78. The Bertz CT molecular complexity index is 1600. The number of ether oxygens (including phenoxy) is 2. The number of carbonyl (C=O) groups is 4. The zero-order valence-corrected chi connectivity index (χ0v) is 23.7. The fraction of sp³-hybridized carbons (Fsp3) is 0.290. The van der Waals surface area contributed by atoms with Crippen molar-refractivity contribution in [2.45, 2.75) is 25.7 Å². The minimum Gasteiger partial charge on any atom is -0.507 e. The zero-order valence-electron chi connectivity index (χ0n) is 22.1. The highest BCUT2D eigenvalue weighted by atomic mass is 79.9. The standard InChI is InChI=1S/C31H26BrNO7/c1-14-10-22(34)26-21(29(14)36)13-20-18(27(26)28-23(35)11-17(39-2)12-24(28)40-3)8-9-19-25(20)31(38)33(30(19)37)16-6-4-15(32)5-7-16/h4-8,10-12,19-20,25,27,35H,9,13H2,1-3H3. The van der Waals surface area contributed by atoms with E-state index in [4.69, 9.17) is 9.47 Å². The predicted molar refractivity (Wildman–Crippen MR) is 149 cm³/mol. The highest BCUT2D eigenvalue weighted by molar-refractivity contribution is 9.10. The van der Waals surface area contributed by atoms with E-state index in [2.05, 4.69) is 15.9 Å². The molecule has 3 aliphatic carbocycles. The van der Waals surface area contributed by atoms with Crippen LogP contribution in [-0.4, -0.2) is 42.7 Å². The summed E-state index contributed by atoms with van der Waals surface area (Å²) in [5.41, 5.74) is 2.44. The van der Waals surface area contributed by atoms with Gasteiger partial charge in [0.2, 0.25) is 11.8 Å². The molecule has 0 saturated carbocycles. The van der Waals surface area contributed by atoms with E-state index < -0.39 is 23.7 Å². The fourth-order valence-electron chi connectivity index (χ4n) is 6.72. The minimum atomic E-state index is -0.832. The second-order valence-electron chi connectivity index (χ2n) is 10.5. The van der Waals surface area contributed by atoms with Gasteiger partial charge in [0, 0.05) is 44.8 Å². The van der Waals surface area contributed by atoms with Crippen LogP contribution >= 0.6 is 15.9 Å². The SMILES string of the molecule is COc1cc(O)c(C2C3=CCC4C(=O)N(c5ccc(Br)cc5)C(=O)C4C3CC3=C2C(=O)C=C(C)C3=O)c(OC)c1. The van der Waals surface area contributed by atoms with Crippen molar-refractivity contribution in [3.05, 3.63) is 80.9 Å². The Morgan fingerprint density at radius 3 is 2.38 bits per heavy atom. The molecule has 4 unspecified atom stereocenters. The molecule has 1 fully saturated rings. The second kappa shape index (κ2) is 9.59. The van der Waals surface area contributed by atoms with Crippen molar-refractivity contribution in [1.29, 1.82) is 0 Å². The number of imide groups is 1. The van der Waals surface area contributed by atoms with Crippen molar-refractivity contribution in [2.75, 3.05) is 19.1 Å². The molecule has 0 radical (unpaired) electrons. The highest BCUT2D eigenvalue weighted by Crippen LogP contribution is 2.58. The monoisotopic (exact) mass is 603 g/mol. The summed E-state index contributed by atoms with van der Waals surface area (Å²) in [6.45, 7) is 1.60. The normalized spacial score (nSPS) is 25.8. The topological polar surface area (TPSA) is 110 Å². The van der Waals surface area contributed by atoms with Gasteiger partial charge in [-0.1, -0.05) is 27.6 Å². The van der Waals surface area contributed by atoms with Gasteiger partial charge < -0.3 is 14.6 Å². The lowest BCUT2D eigenvalue weighted by molar-refractivity contribution is -0.123. The number of carbonyl (C=O) groups excluding carboxylic acids is 4. The van der Waals surface area contributed by atoms with E-state index in [0.717, 1.165) is 10.0 Å². The lowest BCUT2D eigenvalue weighted by atomic mass is 9.59. The number of hydrogen-bond acceptors (Lipinski definition) is 7. The van der Waals surface area contributed by atoms with E-state index >= 15 is 0 Å². The van der Waals surface area contributed by atoms with E-state index in [0.29, 0.717) is 34.6 Å². The summed E-state index contributed by atoms with van der Waals surface area (Å²) in [7, 11) is 2.91. The summed E-state index contributed by atoms with van der Waals surface area (Å²) in [6.07, 6.45) is 3.68. The number of benzene rings is 2. The number of halogens is 1. The van der Waals surface area contributed by atoms with E-state index in [1.807, 2.05) is 6.08 Å². The maximum Gasteiger partial charge on any atom is 0.238 e. The van der Waals surface area contributed by atoms with Gasteiger partial charge in [0.05, 0.1) is 31.7 Å². The Balaban J connectivity index is 1.53. The van der Waals surface area contributed by atoms with Crippen LogP contribution in [0.15, 0.2) is 75.3 Å². The van der Waals surface area contributed by atoms with Gasteiger partial charge in [-0.15, -0.1) is 0 Å². The Morgan fingerprint density at radius 2 is 1.70 bits per heavy atom. The van der Waals surface area contributed by atoms with Gasteiger partial charge in [-0.25, -0.2) is 0 Å². The van der Waals surface area contributed by atoms with Gasteiger partial charge in [-0.2, -0.15) is 0 Å². The molecule has 6 rings (SSSR count). The number of fused-ring (bicyclic) bond motifs is 3. The molecular formula is C31H26BrNO7. The van der Waals surface area contributed by atoms with Crippen LogP contribution in [0.25, 0.3) is 0 Å². The molecule has 40 heavy (non-hydrogen) atoms. The van der Waals surface area contributed by atoms with E-state index in [1.54, 1.807) is 37.3 Å². The largest absolute Gasteiger partial charge is 0.507 e. The number of methoxy groups -OCH3 is 2. The molecule has 0 spiro atoms. The Kier molecular flexibility index (Phi) is 6.29. The second-order valence-corrected chi connectivity index (χ2v) is 11.4. The molecule has 0 aromatic heterocycles. The summed E-state index contributed by atoms with van der Waals surface area (Å²) in [5.74, 6) is -3.37. The maximum atomic E-state index is 14.0. The molecule has 4 atom stereocenters. The Morgan fingerprint density at radius 1 is 0.975 bits per heavy atom. The molecule has 9 heteroatoms. The molecule has 2 aromatic rings. The number of phenolic OH excluding ortho intramolecular Hbond substituents is 1. The van der Waals surface area contributed by atoms with Gasteiger partial charge in [-0.05, 0) is 56.0 Å². The molecule has 2 amide bonds. The molecule has 4 aliphatic rings. The molecule has 1 aliphatic heterocycles. The van der Waals surface area contributed by atoms with Crippen LogP contribution in [0, 0.1) is 17.8 Å². The summed E-state index contributed by atoms with van der Waals surface area (Å²) < 4.78 is 11.8. The van der Waals surface area contributed by atoms with Crippen molar-refractivity contribution in [2.24, 2.45) is 17.8 Å². The number of aromatic hydroxyl groups is 1. The van der Waals surface area contributed by atoms with E-state index in [-0.39, 0.29) is 46.9 Å². The number of nitrogens with zero attached hydrogens (tertiary/aromatic N) is 1. The Hall–Kier alpha value is -3.98. The quantitative estimate of drug-likeness (QED) is 0.303. The summed E-state index contributed by atoms with van der Waals surface area (Å²) in [4.78, 5) is 55.8. The maximum absolute atomic E-state index is 14.0. The zero-order chi connectivity index (χ0) is 28.5. The number of allylic oxidation sites excluding steroid dienone is 6. The van der Waals surface area contributed by atoms with Crippen LogP contribution in [0.2, 0.25) is 0 Å². The molecule has 1 saturated heterocycles. The van der Waals surface area contributed by atoms with Gasteiger partial charge in [-0.3, -0.25) is 24.1 Å². The van der Waals surface area contributed by atoms with Crippen LogP contribution in [0.5, 0.6) is 17.2 Å². The number of ketones is 2. The lowest BCUT2D eigenvalue weighted by Crippen LogP contribution is -2.40. The number of rotatable bonds is 4. The summed E-state index contributed by atoms with van der Waals surface area (Å²) in [6, 6.07) is 10.0. The molecule has 1 N–H and O–H groups in total. The predicted octanol–water partition coefficient (Wildman–Crippen LogP) is 4.81. The number of phenols is 1.